The Balaban J connectivity index is 1.69. The molecule has 0 bridgehead atoms. The molecule has 0 fully saturated rings. The van der Waals surface area contributed by atoms with Gasteiger partial charge >= 0.3 is 0 Å². The zero-order valence-electron chi connectivity index (χ0n) is 11.9. The number of anilines is 1. The lowest BCUT2D eigenvalue weighted by atomic mass is 10.0. The third-order valence-electron chi connectivity index (χ3n) is 3.46. The fraction of sp³-hybridized carbons (Fsp3) is 0.375. The fourth-order valence-electron chi connectivity index (χ4n) is 2.50. The number of fused-ring (bicyclic) bond motifs is 1. The van der Waals surface area contributed by atoms with Crippen molar-refractivity contribution in [2.24, 2.45) is 0 Å². The van der Waals surface area contributed by atoms with Gasteiger partial charge in [-0.05, 0) is 47.7 Å². The second kappa shape index (κ2) is 6.73. The predicted octanol–water partition coefficient (Wildman–Crippen LogP) is 4.16. The number of rotatable bonds is 5. The molecule has 112 valence electrons. The summed E-state index contributed by atoms with van der Waals surface area (Å²) in [5, 5.41) is 15.2. The average molecular weight is 321 g/mol. The van der Waals surface area contributed by atoms with E-state index >= 15 is 0 Å². The van der Waals surface area contributed by atoms with Crippen molar-refractivity contribution in [3.63, 3.8) is 0 Å². The molecule has 0 saturated carbocycles. The number of ether oxygens (including phenoxy) is 1. The molecule has 0 aliphatic carbocycles. The van der Waals surface area contributed by atoms with Crippen LogP contribution in [0.15, 0.2) is 39.9 Å². The molecule has 0 radical (unpaired) electrons. The van der Waals surface area contributed by atoms with E-state index in [4.69, 9.17) is 9.84 Å². The Morgan fingerprint density at radius 1 is 1.29 bits per heavy atom. The highest BCUT2D eigenvalue weighted by Gasteiger charge is 2.26. The summed E-state index contributed by atoms with van der Waals surface area (Å²) in [6.07, 6.45) is 1.14. The molecular formula is C16H19NO2S2. The van der Waals surface area contributed by atoms with E-state index < -0.39 is 0 Å². The second-order valence-electron chi connectivity index (χ2n) is 5.12. The lowest BCUT2D eigenvalue weighted by Crippen LogP contribution is -2.18. The molecule has 0 saturated heterocycles. The Bertz CT molecular complexity index is 582. The van der Waals surface area contributed by atoms with Crippen LogP contribution in [0.5, 0.6) is 5.75 Å². The number of hydrogen-bond donors (Lipinski definition) is 2. The maximum atomic E-state index is 8.76. The first-order chi connectivity index (χ1) is 10.3. The van der Waals surface area contributed by atoms with E-state index in [1.165, 1.54) is 9.77 Å². The minimum absolute atomic E-state index is 0.0402. The molecule has 3 nitrogen and oxygen atoms in total. The van der Waals surface area contributed by atoms with E-state index in [9.17, 15) is 0 Å². The number of benzene rings is 1. The molecule has 21 heavy (non-hydrogen) atoms. The van der Waals surface area contributed by atoms with Crippen molar-refractivity contribution in [1.29, 1.82) is 0 Å². The second-order valence-corrected chi connectivity index (χ2v) is 7.74. The summed E-state index contributed by atoms with van der Waals surface area (Å²) >= 11 is 3.81. The largest absolute Gasteiger partial charge is 0.491 e. The lowest BCUT2D eigenvalue weighted by Gasteiger charge is -2.28. The molecule has 1 aliphatic heterocycles. The third-order valence-corrected chi connectivity index (χ3v) is 5.81. The van der Waals surface area contributed by atoms with E-state index in [0.29, 0.717) is 17.9 Å². The van der Waals surface area contributed by atoms with Crippen LogP contribution in [0.25, 0.3) is 0 Å². The molecule has 2 atom stereocenters. The van der Waals surface area contributed by atoms with Gasteiger partial charge in [0.25, 0.3) is 0 Å². The molecule has 1 aromatic carbocycles. The van der Waals surface area contributed by atoms with Crippen LogP contribution in [0.3, 0.4) is 0 Å². The topological polar surface area (TPSA) is 41.5 Å². The molecule has 2 aromatic rings. The van der Waals surface area contributed by atoms with Gasteiger partial charge in [0.2, 0.25) is 0 Å². The Labute approximate surface area is 133 Å². The van der Waals surface area contributed by atoms with Crippen LogP contribution in [0.1, 0.15) is 24.9 Å². The summed E-state index contributed by atoms with van der Waals surface area (Å²) in [7, 11) is 0. The van der Waals surface area contributed by atoms with Gasteiger partial charge in [-0.1, -0.05) is 6.92 Å². The molecule has 0 spiro atoms. The van der Waals surface area contributed by atoms with Gasteiger partial charge in [-0.25, -0.2) is 0 Å². The molecular weight excluding hydrogens is 302 g/mol. The van der Waals surface area contributed by atoms with E-state index in [-0.39, 0.29) is 6.61 Å². The van der Waals surface area contributed by atoms with Crippen molar-refractivity contribution in [2.75, 3.05) is 18.5 Å². The highest BCUT2D eigenvalue weighted by atomic mass is 32.2. The van der Waals surface area contributed by atoms with Gasteiger partial charge in [0.1, 0.15) is 12.4 Å². The predicted molar refractivity (Wildman–Crippen MR) is 89.6 cm³/mol. The summed E-state index contributed by atoms with van der Waals surface area (Å²) in [6.45, 7) is 2.66. The molecule has 2 N–H and O–H groups in total. The Morgan fingerprint density at radius 2 is 2.10 bits per heavy atom. The maximum Gasteiger partial charge on any atom is 0.119 e. The fourth-order valence-corrected chi connectivity index (χ4v) is 5.06. The zero-order valence-corrected chi connectivity index (χ0v) is 13.5. The third kappa shape index (κ3) is 3.54. The summed E-state index contributed by atoms with van der Waals surface area (Å²) in [5.74, 6) is 0.790. The number of hydrogen-bond acceptors (Lipinski definition) is 5. The van der Waals surface area contributed by atoms with Crippen LogP contribution in [0.2, 0.25) is 0 Å². The van der Waals surface area contributed by atoms with Crippen molar-refractivity contribution >= 4 is 28.8 Å². The smallest absolute Gasteiger partial charge is 0.119 e. The van der Waals surface area contributed by atoms with Gasteiger partial charge in [-0.3, -0.25) is 0 Å². The maximum absolute atomic E-state index is 8.76. The SMILES string of the molecule is C[C@H]1CC(Nc2ccc(OCCO)cc2)c2ccsc2S1. The minimum Gasteiger partial charge on any atom is -0.491 e. The normalized spacial score (nSPS) is 20.9. The van der Waals surface area contributed by atoms with Gasteiger partial charge in [-0.15, -0.1) is 23.1 Å². The monoisotopic (exact) mass is 321 g/mol. The van der Waals surface area contributed by atoms with E-state index in [1.807, 2.05) is 47.4 Å². The van der Waals surface area contributed by atoms with Crippen LogP contribution in [0, 0.1) is 0 Å². The van der Waals surface area contributed by atoms with E-state index in [0.717, 1.165) is 17.9 Å². The van der Waals surface area contributed by atoms with Gasteiger partial charge < -0.3 is 15.2 Å². The number of nitrogens with one attached hydrogen (secondary N) is 1. The number of aliphatic hydroxyl groups is 1. The first-order valence-electron chi connectivity index (χ1n) is 7.10. The van der Waals surface area contributed by atoms with Crippen molar-refractivity contribution in [3.05, 3.63) is 41.3 Å². The molecule has 0 amide bonds. The Kier molecular flexibility index (Phi) is 4.73. The lowest BCUT2D eigenvalue weighted by molar-refractivity contribution is 0.201. The Hall–Kier alpha value is -1.17. The van der Waals surface area contributed by atoms with Crippen LogP contribution < -0.4 is 10.1 Å². The summed E-state index contributed by atoms with van der Waals surface area (Å²) in [4.78, 5) is 0. The standard InChI is InChI=1S/C16H19NO2S2/c1-11-10-15(14-6-9-20-16(14)21-11)17-12-2-4-13(5-3-12)19-8-7-18/h2-6,9,11,15,17-18H,7-8,10H2,1H3/t11-,15?/m0/s1. The molecule has 5 heteroatoms. The quantitative estimate of drug-likeness (QED) is 0.868. The van der Waals surface area contributed by atoms with Crippen molar-refractivity contribution in [2.45, 2.75) is 28.8 Å². The van der Waals surface area contributed by atoms with E-state index in [2.05, 4.69) is 23.7 Å². The summed E-state index contributed by atoms with van der Waals surface area (Å²) in [5.41, 5.74) is 2.52. The molecule has 3 rings (SSSR count). The van der Waals surface area contributed by atoms with Crippen LogP contribution in [-0.4, -0.2) is 23.6 Å². The highest BCUT2D eigenvalue weighted by molar-refractivity contribution is 8.01. The van der Waals surface area contributed by atoms with E-state index in [1.54, 1.807) is 0 Å². The van der Waals surface area contributed by atoms with Crippen LogP contribution >= 0.6 is 23.1 Å². The molecule has 1 aliphatic rings. The van der Waals surface area contributed by atoms with Crippen molar-refractivity contribution < 1.29 is 9.84 Å². The first-order valence-corrected chi connectivity index (χ1v) is 8.86. The number of thioether (sulfide) groups is 1. The summed E-state index contributed by atoms with van der Waals surface area (Å²) in [6, 6.07) is 10.6. The van der Waals surface area contributed by atoms with Crippen LogP contribution in [-0.2, 0) is 0 Å². The first kappa shape index (κ1) is 14.8. The average Bonchev–Trinajstić information content (AvgIpc) is 2.95. The van der Waals surface area contributed by atoms with Crippen molar-refractivity contribution in [1.82, 2.24) is 0 Å². The zero-order chi connectivity index (χ0) is 14.7. The minimum atomic E-state index is 0.0402. The number of thiophene rings is 1. The highest BCUT2D eigenvalue weighted by Crippen LogP contribution is 2.44. The molecule has 1 unspecified atom stereocenters. The van der Waals surface area contributed by atoms with Gasteiger partial charge in [0, 0.05) is 10.9 Å². The summed E-state index contributed by atoms with van der Waals surface area (Å²) < 4.78 is 6.82. The molecule has 1 aromatic heterocycles. The Morgan fingerprint density at radius 3 is 2.86 bits per heavy atom. The van der Waals surface area contributed by atoms with Crippen LogP contribution in [0.4, 0.5) is 5.69 Å². The van der Waals surface area contributed by atoms with Gasteiger partial charge in [-0.2, -0.15) is 0 Å². The molecule has 2 heterocycles. The number of aliphatic hydroxyl groups excluding tert-OH is 1. The van der Waals surface area contributed by atoms with Gasteiger partial charge in [0.05, 0.1) is 16.9 Å². The van der Waals surface area contributed by atoms with Crippen molar-refractivity contribution in [3.8, 4) is 5.75 Å². The van der Waals surface area contributed by atoms with Gasteiger partial charge in [0.15, 0.2) is 0 Å².